The first-order chi connectivity index (χ1) is 14.6. The Balaban J connectivity index is 1.60. The largest absolute Gasteiger partial charge is 0.493 e. The van der Waals surface area contributed by atoms with Crippen LogP contribution in [0.25, 0.3) is 11.7 Å². The van der Waals surface area contributed by atoms with E-state index in [0.717, 1.165) is 22.9 Å². The van der Waals surface area contributed by atoms with Crippen molar-refractivity contribution in [2.24, 2.45) is 4.99 Å². The average Bonchev–Trinajstić information content (AvgIpc) is 3.36. The summed E-state index contributed by atoms with van der Waals surface area (Å²) < 4.78 is 2.70. The zero-order valence-electron chi connectivity index (χ0n) is 15.8. The van der Waals surface area contributed by atoms with Gasteiger partial charge in [0.25, 0.3) is 0 Å². The highest BCUT2D eigenvalue weighted by Gasteiger charge is 2.20. The van der Waals surface area contributed by atoms with Gasteiger partial charge >= 0.3 is 5.69 Å². The molecule has 3 aromatic heterocycles. The summed E-state index contributed by atoms with van der Waals surface area (Å²) in [5.41, 5.74) is 2.18. The minimum atomic E-state index is -0.483. The number of hydrogen-bond donors (Lipinski definition) is 4. The molecule has 0 bridgehead atoms. The summed E-state index contributed by atoms with van der Waals surface area (Å²) in [7, 11) is 0. The first kappa shape index (κ1) is 18.6. The molecule has 0 atom stereocenters. The van der Waals surface area contributed by atoms with E-state index in [0.29, 0.717) is 34.8 Å². The minimum Gasteiger partial charge on any atom is -0.493 e. The minimum absolute atomic E-state index is 0.231. The smallest absolute Gasteiger partial charge is 0.326 e. The molecule has 1 aromatic carbocycles. The van der Waals surface area contributed by atoms with E-state index >= 15 is 0 Å². The first-order valence-corrected chi connectivity index (χ1v) is 10.3. The summed E-state index contributed by atoms with van der Waals surface area (Å²) in [6, 6.07) is 10.2. The molecule has 0 unspecified atom stereocenters. The van der Waals surface area contributed by atoms with Crippen LogP contribution in [0.3, 0.4) is 0 Å². The third-order valence-corrected chi connectivity index (χ3v) is 5.57. The van der Waals surface area contributed by atoms with Crippen LogP contribution in [0.4, 0.5) is 5.82 Å². The van der Waals surface area contributed by atoms with Gasteiger partial charge in [-0.1, -0.05) is 34.1 Å². The maximum atomic E-state index is 11.4. The Labute approximate surface area is 178 Å². The molecule has 10 heteroatoms. The lowest BCUT2D eigenvalue weighted by molar-refractivity contribution is 0.454. The van der Waals surface area contributed by atoms with Crippen molar-refractivity contribution in [3.8, 4) is 5.88 Å². The van der Waals surface area contributed by atoms with Gasteiger partial charge in [0.1, 0.15) is 11.5 Å². The predicted molar refractivity (Wildman–Crippen MR) is 115 cm³/mol. The lowest BCUT2D eigenvalue weighted by Gasteiger charge is -2.08. The Morgan fingerprint density at radius 2 is 2.17 bits per heavy atom. The van der Waals surface area contributed by atoms with E-state index in [2.05, 4.69) is 36.3 Å². The molecule has 5 rings (SSSR count). The Kier molecular flexibility index (Phi) is 4.62. The van der Waals surface area contributed by atoms with E-state index in [1.54, 1.807) is 16.8 Å². The van der Waals surface area contributed by atoms with Crippen LogP contribution in [0.5, 0.6) is 5.88 Å². The van der Waals surface area contributed by atoms with Crippen LogP contribution in [-0.2, 0) is 6.54 Å². The number of fused-ring (bicyclic) bond motifs is 1. The fourth-order valence-corrected chi connectivity index (χ4v) is 3.54. The second-order valence-electron chi connectivity index (χ2n) is 7.13. The number of anilines is 1. The highest BCUT2D eigenvalue weighted by molar-refractivity contribution is 9.10. The predicted octanol–water partition coefficient (Wildman–Crippen LogP) is 1.44. The second kappa shape index (κ2) is 7.45. The Hall–Kier alpha value is -3.40. The molecule has 1 fully saturated rings. The van der Waals surface area contributed by atoms with E-state index in [9.17, 15) is 9.90 Å². The van der Waals surface area contributed by atoms with Crippen LogP contribution in [0, 0.1) is 0 Å². The summed E-state index contributed by atoms with van der Waals surface area (Å²) >= 11 is 3.56. The van der Waals surface area contributed by atoms with Crippen molar-refractivity contribution in [3.63, 3.8) is 0 Å². The molecular weight excluding hydrogens is 450 g/mol. The van der Waals surface area contributed by atoms with Crippen molar-refractivity contribution < 1.29 is 5.11 Å². The summed E-state index contributed by atoms with van der Waals surface area (Å²) in [6.07, 6.45) is 5.40. The van der Waals surface area contributed by atoms with Gasteiger partial charge in [0.05, 0.1) is 12.2 Å². The molecule has 1 saturated carbocycles. The topological polar surface area (TPSA) is 123 Å². The van der Waals surface area contributed by atoms with Gasteiger partial charge in [0.2, 0.25) is 5.88 Å². The number of rotatable bonds is 5. The number of aromatic hydroxyl groups is 1. The zero-order valence-corrected chi connectivity index (χ0v) is 17.3. The third-order valence-electron chi connectivity index (χ3n) is 4.79. The highest BCUT2D eigenvalue weighted by atomic mass is 79.9. The highest BCUT2D eigenvalue weighted by Crippen LogP contribution is 2.22. The summed E-state index contributed by atoms with van der Waals surface area (Å²) in [6.45, 7) is 0.590. The number of nitrogens with zero attached hydrogens (tertiary/aromatic N) is 4. The molecule has 152 valence electrons. The fraction of sp³-hybridized carbons (Fsp3) is 0.200. The van der Waals surface area contributed by atoms with Crippen LogP contribution in [-0.4, -0.2) is 35.7 Å². The van der Waals surface area contributed by atoms with E-state index in [1.807, 2.05) is 30.3 Å². The zero-order chi connectivity index (χ0) is 20.7. The molecule has 9 nitrogen and oxygen atoms in total. The van der Waals surface area contributed by atoms with Crippen LogP contribution >= 0.6 is 15.9 Å². The molecule has 0 amide bonds. The number of imidazole rings is 1. The molecule has 0 aliphatic heterocycles. The van der Waals surface area contributed by atoms with Crippen molar-refractivity contribution in [1.29, 1.82) is 0 Å². The number of aromatic amines is 2. The molecule has 1 aliphatic rings. The monoisotopic (exact) mass is 467 g/mol. The van der Waals surface area contributed by atoms with Gasteiger partial charge in [-0.25, -0.2) is 9.78 Å². The van der Waals surface area contributed by atoms with Gasteiger partial charge in [-0.3, -0.25) is 9.98 Å². The number of nitrogens with one attached hydrogen (secondary N) is 3. The molecule has 30 heavy (non-hydrogen) atoms. The Morgan fingerprint density at radius 1 is 1.33 bits per heavy atom. The van der Waals surface area contributed by atoms with E-state index in [4.69, 9.17) is 9.98 Å². The van der Waals surface area contributed by atoms with Gasteiger partial charge in [0.15, 0.2) is 11.1 Å². The molecule has 0 radical (unpaired) electrons. The molecule has 4 N–H and O–H groups in total. The van der Waals surface area contributed by atoms with Gasteiger partial charge in [-0.2, -0.15) is 9.61 Å². The molecular formula is C20H18BrN7O2. The van der Waals surface area contributed by atoms with Crippen molar-refractivity contribution in [3.05, 3.63) is 73.4 Å². The maximum absolute atomic E-state index is 11.4. The standard InChI is InChI=1S/C20H18BrN7O2/c21-14-4-2-1-3-11(14)9-22-16-8-17(24-13-5-6-13)28-18(26-16)12(10-23-28)7-15-19(29)27-20(30)25-15/h1-4,7-8,10,13,22,29H,5-6,9H2,(H2,25,27,30)/b12-7-,24-17?. The van der Waals surface area contributed by atoms with Gasteiger partial charge in [-0.05, 0) is 30.5 Å². The van der Waals surface area contributed by atoms with E-state index in [-0.39, 0.29) is 11.6 Å². The second-order valence-corrected chi connectivity index (χ2v) is 7.98. The Morgan fingerprint density at radius 3 is 2.90 bits per heavy atom. The van der Waals surface area contributed by atoms with Gasteiger partial charge in [-0.15, -0.1) is 0 Å². The third kappa shape index (κ3) is 3.73. The first-order valence-electron chi connectivity index (χ1n) is 9.50. The van der Waals surface area contributed by atoms with Gasteiger partial charge in [0, 0.05) is 22.3 Å². The van der Waals surface area contributed by atoms with E-state index in [1.165, 1.54) is 0 Å². The van der Waals surface area contributed by atoms with Crippen molar-refractivity contribution in [1.82, 2.24) is 24.6 Å². The fourth-order valence-electron chi connectivity index (χ4n) is 3.11. The summed E-state index contributed by atoms with van der Waals surface area (Å²) in [5.74, 6) is 0.435. The van der Waals surface area contributed by atoms with Gasteiger partial charge < -0.3 is 15.4 Å². The van der Waals surface area contributed by atoms with Crippen LogP contribution in [0.2, 0.25) is 0 Å². The van der Waals surface area contributed by atoms with E-state index < -0.39 is 5.69 Å². The number of H-pyrrole nitrogens is 2. The molecule has 1 aliphatic carbocycles. The molecule has 0 spiro atoms. The maximum Gasteiger partial charge on any atom is 0.326 e. The van der Waals surface area contributed by atoms with Crippen molar-refractivity contribution in [2.45, 2.75) is 25.4 Å². The molecule has 4 aromatic rings. The number of hydrogen-bond acceptors (Lipinski definition) is 6. The lowest BCUT2D eigenvalue weighted by atomic mass is 10.2. The van der Waals surface area contributed by atoms with Crippen molar-refractivity contribution >= 4 is 33.5 Å². The summed E-state index contributed by atoms with van der Waals surface area (Å²) in [4.78, 5) is 25.7. The normalized spacial score (nSPS) is 15.2. The average molecular weight is 468 g/mol. The molecule has 0 saturated heterocycles. The van der Waals surface area contributed by atoms with Crippen molar-refractivity contribution in [2.75, 3.05) is 5.32 Å². The van der Waals surface area contributed by atoms with Crippen LogP contribution < -0.4 is 21.7 Å². The number of aromatic nitrogens is 5. The number of halogens is 1. The van der Waals surface area contributed by atoms with Crippen LogP contribution in [0.1, 0.15) is 24.1 Å². The van der Waals surface area contributed by atoms with Crippen LogP contribution in [0.15, 0.2) is 50.8 Å². The number of benzene rings is 1. The Bertz CT molecular complexity index is 1420. The quantitative estimate of drug-likeness (QED) is 0.353. The lowest BCUT2D eigenvalue weighted by Crippen LogP contribution is -2.20. The molecule has 3 heterocycles. The summed E-state index contributed by atoms with van der Waals surface area (Å²) in [5, 5.41) is 18.3. The SMILES string of the molecule is O=c1[nH]c(O)c(/C=c2/cnn3c(=NC4CC4)cc(NCc4ccccc4Br)nc23)[nH]1.